The van der Waals surface area contributed by atoms with Gasteiger partial charge in [-0.3, -0.25) is 9.59 Å². The fraction of sp³-hybridized carbons (Fsp3) is 0.263. The van der Waals surface area contributed by atoms with Gasteiger partial charge >= 0.3 is 5.97 Å². The van der Waals surface area contributed by atoms with Crippen LogP contribution in [-0.2, 0) is 9.53 Å². The zero-order valence-electron chi connectivity index (χ0n) is 13.4. The van der Waals surface area contributed by atoms with Crippen molar-refractivity contribution in [2.45, 2.75) is 19.9 Å². The molecular formula is C19H21NO3. The first kappa shape index (κ1) is 16.7. The van der Waals surface area contributed by atoms with Gasteiger partial charge in [-0.1, -0.05) is 48.5 Å². The molecule has 4 heteroatoms. The van der Waals surface area contributed by atoms with Crippen LogP contribution in [0, 0.1) is 5.92 Å². The topological polar surface area (TPSA) is 55.4 Å². The summed E-state index contributed by atoms with van der Waals surface area (Å²) in [7, 11) is 0. The largest absolute Gasteiger partial charge is 0.466 e. The van der Waals surface area contributed by atoms with Gasteiger partial charge in [0.15, 0.2) is 0 Å². The van der Waals surface area contributed by atoms with Crippen LogP contribution in [0.2, 0.25) is 0 Å². The van der Waals surface area contributed by atoms with Crippen LogP contribution in [-0.4, -0.2) is 18.5 Å². The Morgan fingerprint density at radius 2 is 1.57 bits per heavy atom. The van der Waals surface area contributed by atoms with Crippen molar-refractivity contribution in [1.29, 1.82) is 0 Å². The van der Waals surface area contributed by atoms with E-state index in [2.05, 4.69) is 5.32 Å². The zero-order valence-corrected chi connectivity index (χ0v) is 13.4. The standard InChI is InChI=1S/C19H21NO3/c1-3-23-19(22)14(2)17(15-10-6-4-7-11-15)20-18(21)16-12-8-5-9-13-16/h4-14,17H,3H2,1-2H3,(H,20,21)/t14-,17+/m0/s1. The van der Waals surface area contributed by atoms with Gasteiger partial charge in [0.2, 0.25) is 0 Å². The number of ether oxygens (including phenoxy) is 1. The van der Waals surface area contributed by atoms with Crippen molar-refractivity contribution in [1.82, 2.24) is 5.32 Å². The Hall–Kier alpha value is -2.62. The molecule has 120 valence electrons. The van der Waals surface area contributed by atoms with Crippen molar-refractivity contribution in [2.24, 2.45) is 5.92 Å². The minimum absolute atomic E-state index is 0.212. The summed E-state index contributed by atoms with van der Waals surface area (Å²) in [6, 6.07) is 18.0. The SMILES string of the molecule is CCOC(=O)[C@@H](C)[C@@H](NC(=O)c1ccccc1)c1ccccc1. The number of rotatable bonds is 6. The smallest absolute Gasteiger partial charge is 0.311 e. The third kappa shape index (κ3) is 4.42. The first-order valence-corrected chi connectivity index (χ1v) is 7.71. The van der Waals surface area contributed by atoms with Crippen molar-refractivity contribution in [3.8, 4) is 0 Å². The van der Waals surface area contributed by atoms with Crippen LogP contribution in [0.5, 0.6) is 0 Å². The molecule has 2 aromatic rings. The predicted molar refractivity (Wildman–Crippen MR) is 88.9 cm³/mol. The maximum atomic E-state index is 12.5. The maximum Gasteiger partial charge on any atom is 0.311 e. The summed E-state index contributed by atoms with van der Waals surface area (Å²) in [5.41, 5.74) is 1.43. The van der Waals surface area contributed by atoms with Crippen molar-refractivity contribution >= 4 is 11.9 Å². The lowest BCUT2D eigenvalue weighted by atomic mass is 9.94. The molecule has 0 unspecified atom stereocenters. The van der Waals surface area contributed by atoms with Crippen molar-refractivity contribution in [3.63, 3.8) is 0 Å². The van der Waals surface area contributed by atoms with Gasteiger partial charge in [-0.15, -0.1) is 0 Å². The van der Waals surface area contributed by atoms with Crippen LogP contribution < -0.4 is 5.32 Å². The van der Waals surface area contributed by atoms with Crippen LogP contribution in [0.1, 0.15) is 35.8 Å². The Bertz CT molecular complexity index is 640. The molecule has 0 aliphatic rings. The molecule has 0 aromatic heterocycles. The average molecular weight is 311 g/mol. The van der Waals surface area contributed by atoms with Crippen LogP contribution in [0.3, 0.4) is 0 Å². The summed E-state index contributed by atoms with van der Waals surface area (Å²) >= 11 is 0. The van der Waals surface area contributed by atoms with E-state index in [-0.39, 0.29) is 11.9 Å². The predicted octanol–water partition coefficient (Wildman–Crippen LogP) is 3.36. The van der Waals surface area contributed by atoms with E-state index in [9.17, 15) is 9.59 Å². The Morgan fingerprint density at radius 1 is 1.00 bits per heavy atom. The molecule has 4 nitrogen and oxygen atoms in total. The van der Waals surface area contributed by atoms with Gasteiger partial charge in [0.25, 0.3) is 5.91 Å². The molecule has 0 saturated carbocycles. The van der Waals surface area contributed by atoms with E-state index in [1.807, 2.05) is 36.4 Å². The second-order valence-electron chi connectivity index (χ2n) is 5.27. The Labute approximate surface area is 136 Å². The van der Waals surface area contributed by atoms with Crippen LogP contribution in [0.15, 0.2) is 60.7 Å². The van der Waals surface area contributed by atoms with Crippen LogP contribution in [0.4, 0.5) is 0 Å². The first-order valence-electron chi connectivity index (χ1n) is 7.71. The molecule has 0 aliphatic carbocycles. The lowest BCUT2D eigenvalue weighted by Crippen LogP contribution is -2.36. The number of carbonyl (C=O) groups excluding carboxylic acids is 2. The molecular weight excluding hydrogens is 290 g/mol. The van der Waals surface area contributed by atoms with Crippen molar-refractivity contribution in [2.75, 3.05) is 6.61 Å². The number of amides is 1. The number of esters is 1. The van der Waals surface area contributed by atoms with E-state index >= 15 is 0 Å². The fourth-order valence-electron chi connectivity index (χ4n) is 2.38. The van der Waals surface area contributed by atoms with Gasteiger partial charge < -0.3 is 10.1 Å². The van der Waals surface area contributed by atoms with Gasteiger partial charge in [0, 0.05) is 5.56 Å². The fourth-order valence-corrected chi connectivity index (χ4v) is 2.38. The molecule has 0 heterocycles. The molecule has 0 radical (unpaired) electrons. The van der Waals surface area contributed by atoms with E-state index in [0.717, 1.165) is 5.56 Å². The molecule has 2 rings (SSSR count). The quantitative estimate of drug-likeness (QED) is 0.832. The molecule has 1 N–H and O–H groups in total. The Kier molecular flexibility index (Phi) is 5.92. The Morgan fingerprint density at radius 3 is 2.13 bits per heavy atom. The maximum absolute atomic E-state index is 12.5. The van der Waals surface area contributed by atoms with Crippen molar-refractivity contribution < 1.29 is 14.3 Å². The molecule has 0 bridgehead atoms. The Balaban J connectivity index is 2.23. The molecule has 0 fully saturated rings. The summed E-state index contributed by atoms with van der Waals surface area (Å²) in [6.45, 7) is 3.85. The third-order valence-electron chi connectivity index (χ3n) is 3.64. The second-order valence-corrected chi connectivity index (χ2v) is 5.27. The van der Waals surface area contributed by atoms with Gasteiger partial charge in [0.05, 0.1) is 18.6 Å². The van der Waals surface area contributed by atoms with Gasteiger partial charge in [-0.25, -0.2) is 0 Å². The zero-order chi connectivity index (χ0) is 16.7. The minimum Gasteiger partial charge on any atom is -0.466 e. The van der Waals surface area contributed by atoms with Gasteiger partial charge in [-0.05, 0) is 31.5 Å². The molecule has 0 aliphatic heterocycles. The highest BCUT2D eigenvalue weighted by molar-refractivity contribution is 5.94. The summed E-state index contributed by atoms with van der Waals surface area (Å²) in [6.07, 6.45) is 0. The molecule has 0 spiro atoms. The van der Waals surface area contributed by atoms with Crippen LogP contribution in [0.25, 0.3) is 0 Å². The summed E-state index contributed by atoms with van der Waals surface area (Å²) in [4.78, 5) is 24.6. The number of hydrogen-bond acceptors (Lipinski definition) is 3. The number of nitrogens with one attached hydrogen (secondary N) is 1. The molecule has 2 atom stereocenters. The monoisotopic (exact) mass is 311 g/mol. The number of benzene rings is 2. The molecule has 1 amide bonds. The average Bonchev–Trinajstić information content (AvgIpc) is 2.60. The van der Waals surface area contributed by atoms with Crippen LogP contribution >= 0.6 is 0 Å². The first-order chi connectivity index (χ1) is 11.1. The molecule has 2 aromatic carbocycles. The summed E-state index contributed by atoms with van der Waals surface area (Å²) in [5.74, 6) is -1.02. The molecule has 23 heavy (non-hydrogen) atoms. The van der Waals surface area contributed by atoms with E-state index in [4.69, 9.17) is 4.74 Å². The summed E-state index contributed by atoms with van der Waals surface area (Å²) in [5, 5.41) is 2.95. The third-order valence-corrected chi connectivity index (χ3v) is 3.64. The number of carbonyl (C=O) groups is 2. The van der Waals surface area contributed by atoms with Gasteiger partial charge in [-0.2, -0.15) is 0 Å². The van der Waals surface area contributed by atoms with E-state index in [1.54, 1.807) is 38.1 Å². The van der Waals surface area contributed by atoms with E-state index < -0.39 is 12.0 Å². The normalized spacial score (nSPS) is 13.0. The highest BCUT2D eigenvalue weighted by Gasteiger charge is 2.28. The highest BCUT2D eigenvalue weighted by atomic mass is 16.5. The second kappa shape index (κ2) is 8.13. The minimum atomic E-state index is -0.481. The number of hydrogen-bond donors (Lipinski definition) is 1. The summed E-state index contributed by atoms with van der Waals surface area (Å²) < 4.78 is 5.10. The lowest BCUT2D eigenvalue weighted by molar-refractivity contribution is -0.148. The van der Waals surface area contributed by atoms with E-state index in [0.29, 0.717) is 12.2 Å². The van der Waals surface area contributed by atoms with Crippen molar-refractivity contribution in [3.05, 3.63) is 71.8 Å². The van der Waals surface area contributed by atoms with E-state index in [1.165, 1.54) is 0 Å². The highest BCUT2D eigenvalue weighted by Crippen LogP contribution is 2.23. The molecule has 0 saturated heterocycles. The van der Waals surface area contributed by atoms with Gasteiger partial charge in [0.1, 0.15) is 0 Å². The lowest BCUT2D eigenvalue weighted by Gasteiger charge is -2.24.